The van der Waals surface area contributed by atoms with Crippen molar-refractivity contribution in [1.29, 1.82) is 0 Å². The minimum absolute atomic E-state index is 0.0480. The van der Waals surface area contributed by atoms with E-state index in [-0.39, 0.29) is 29.6 Å². The minimum Gasteiger partial charge on any atom is -0.466 e. The van der Waals surface area contributed by atoms with Crippen LogP contribution in [0, 0.1) is 17.8 Å². The maximum atomic E-state index is 12.7. The molecule has 2 fully saturated rings. The number of esters is 1. The average Bonchev–Trinajstić information content (AvgIpc) is 3.30. The lowest BCUT2D eigenvalue weighted by atomic mass is 10.1. The van der Waals surface area contributed by atoms with Gasteiger partial charge in [-0.15, -0.1) is 0 Å². The molecule has 1 aromatic rings. The van der Waals surface area contributed by atoms with E-state index in [1.165, 1.54) is 0 Å². The summed E-state index contributed by atoms with van der Waals surface area (Å²) in [7, 11) is 0. The summed E-state index contributed by atoms with van der Waals surface area (Å²) in [5.41, 5.74) is 1.16. The Morgan fingerprint density at radius 2 is 1.87 bits per heavy atom. The zero-order chi connectivity index (χ0) is 16.2. The molecule has 124 valence electrons. The van der Waals surface area contributed by atoms with E-state index >= 15 is 0 Å². The van der Waals surface area contributed by atoms with Gasteiger partial charge in [0, 0.05) is 13.1 Å². The Labute approximate surface area is 136 Å². The van der Waals surface area contributed by atoms with Crippen molar-refractivity contribution < 1.29 is 19.1 Å². The number of rotatable bonds is 5. The molecule has 1 amide bonds. The van der Waals surface area contributed by atoms with Crippen molar-refractivity contribution in [3.05, 3.63) is 35.9 Å². The molecule has 1 aliphatic carbocycles. The van der Waals surface area contributed by atoms with Crippen LogP contribution in [0.3, 0.4) is 0 Å². The van der Waals surface area contributed by atoms with E-state index in [1.807, 2.05) is 35.2 Å². The lowest BCUT2D eigenvalue weighted by Gasteiger charge is -2.27. The molecule has 0 spiro atoms. The van der Waals surface area contributed by atoms with E-state index in [2.05, 4.69) is 0 Å². The predicted molar refractivity (Wildman–Crippen MR) is 84.6 cm³/mol. The van der Waals surface area contributed by atoms with E-state index in [9.17, 15) is 9.59 Å². The third kappa shape index (κ3) is 3.55. The third-order valence-electron chi connectivity index (χ3n) is 4.65. The van der Waals surface area contributed by atoms with E-state index in [0.29, 0.717) is 32.9 Å². The van der Waals surface area contributed by atoms with Gasteiger partial charge in [0.15, 0.2) is 0 Å². The second kappa shape index (κ2) is 7.13. The maximum Gasteiger partial charge on any atom is 0.310 e. The van der Waals surface area contributed by atoms with Gasteiger partial charge in [0.1, 0.15) is 0 Å². The monoisotopic (exact) mass is 317 g/mol. The molecule has 0 aromatic heterocycles. The molecule has 2 aliphatic rings. The summed E-state index contributed by atoms with van der Waals surface area (Å²) in [6, 6.07) is 10.0. The van der Waals surface area contributed by atoms with E-state index in [1.54, 1.807) is 6.92 Å². The number of ether oxygens (including phenoxy) is 2. The highest BCUT2D eigenvalue weighted by Gasteiger charge is 2.60. The average molecular weight is 317 g/mol. The Kier molecular flexibility index (Phi) is 4.96. The van der Waals surface area contributed by atoms with Gasteiger partial charge in [0.25, 0.3) is 0 Å². The molecule has 23 heavy (non-hydrogen) atoms. The van der Waals surface area contributed by atoms with Crippen LogP contribution in [0.15, 0.2) is 30.3 Å². The summed E-state index contributed by atoms with van der Waals surface area (Å²) in [6.45, 7) is 4.53. The van der Waals surface area contributed by atoms with Crippen molar-refractivity contribution >= 4 is 11.9 Å². The molecular weight excluding hydrogens is 294 g/mol. The van der Waals surface area contributed by atoms with Crippen LogP contribution in [0.2, 0.25) is 0 Å². The summed E-state index contributed by atoms with van der Waals surface area (Å²) in [5.74, 6) is -0.656. The van der Waals surface area contributed by atoms with Crippen LogP contribution in [-0.4, -0.2) is 49.7 Å². The molecule has 0 N–H and O–H groups in total. The predicted octanol–water partition coefficient (Wildman–Crippen LogP) is 1.51. The lowest BCUT2D eigenvalue weighted by molar-refractivity contribution is -0.147. The summed E-state index contributed by atoms with van der Waals surface area (Å²) in [5, 5.41) is 0. The van der Waals surface area contributed by atoms with Crippen molar-refractivity contribution in [1.82, 2.24) is 4.90 Å². The largest absolute Gasteiger partial charge is 0.466 e. The van der Waals surface area contributed by atoms with E-state index < -0.39 is 0 Å². The van der Waals surface area contributed by atoms with Gasteiger partial charge in [-0.1, -0.05) is 30.3 Å². The molecule has 5 heteroatoms. The van der Waals surface area contributed by atoms with Gasteiger partial charge in [0.05, 0.1) is 31.7 Å². The van der Waals surface area contributed by atoms with Gasteiger partial charge in [-0.3, -0.25) is 9.59 Å². The fourth-order valence-corrected chi connectivity index (χ4v) is 3.41. The van der Waals surface area contributed by atoms with Crippen LogP contribution >= 0.6 is 0 Å². The Hall–Kier alpha value is -1.88. The molecule has 3 rings (SSSR count). The van der Waals surface area contributed by atoms with Crippen LogP contribution in [0.25, 0.3) is 0 Å². The maximum absolute atomic E-state index is 12.7. The Balaban J connectivity index is 1.70. The number of nitrogens with zero attached hydrogens (tertiary/aromatic N) is 1. The first-order valence-electron chi connectivity index (χ1n) is 8.29. The molecule has 5 nitrogen and oxygen atoms in total. The van der Waals surface area contributed by atoms with Gasteiger partial charge in [-0.2, -0.15) is 0 Å². The molecule has 1 aromatic carbocycles. The first kappa shape index (κ1) is 16.0. The molecule has 1 saturated heterocycles. The highest BCUT2D eigenvalue weighted by Crippen LogP contribution is 2.50. The fraction of sp³-hybridized carbons (Fsp3) is 0.556. The zero-order valence-corrected chi connectivity index (χ0v) is 13.4. The third-order valence-corrected chi connectivity index (χ3v) is 4.65. The Bertz CT molecular complexity index is 553. The van der Waals surface area contributed by atoms with Gasteiger partial charge < -0.3 is 14.4 Å². The molecular formula is C18H23NO4. The van der Waals surface area contributed by atoms with E-state index in [4.69, 9.17) is 9.47 Å². The molecule has 1 heterocycles. The molecule has 3 unspecified atom stereocenters. The topological polar surface area (TPSA) is 55.8 Å². The molecule has 1 saturated carbocycles. The number of carbonyl (C=O) groups excluding carboxylic acids is 2. The van der Waals surface area contributed by atoms with E-state index in [0.717, 1.165) is 12.0 Å². The minimum atomic E-state index is -0.300. The number of hydrogen-bond acceptors (Lipinski definition) is 4. The normalized spacial score (nSPS) is 26.7. The number of morpholine rings is 1. The van der Waals surface area contributed by atoms with Gasteiger partial charge >= 0.3 is 5.97 Å². The first-order chi connectivity index (χ1) is 11.2. The molecule has 3 atom stereocenters. The van der Waals surface area contributed by atoms with Crippen LogP contribution in [0.1, 0.15) is 12.5 Å². The van der Waals surface area contributed by atoms with Gasteiger partial charge in [0.2, 0.25) is 5.91 Å². The summed E-state index contributed by atoms with van der Waals surface area (Å²) in [4.78, 5) is 26.8. The summed E-state index contributed by atoms with van der Waals surface area (Å²) >= 11 is 0. The summed E-state index contributed by atoms with van der Waals surface area (Å²) in [6.07, 6.45) is 0.741. The lowest BCUT2D eigenvalue weighted by Crippen LogP contribution is -2.42. The van der Waals surface area contributed by atoms with Crippen LogP contribution in [0.4, 0.5) is 0 Å². The number of hydrogen-bond donors (Lipinski definition) is 0. The summed E-state index contributed by atoms with van der Waals surface area (Å²) < 4.78 is 10.5. The zero-order valence-electron chi connectivity index (χ0n) is 13.4. The van der Waals surface area contributed by atoms with Gasteiger partial charge in [-0.05, 0) is 24.8 Å². The molecule has 1 aliphatic heterocycles. The quantitative estimate of drug-likeness (QED) is 0.773. The van der Waals surface area contributed by atoms with Crippen LogP contribution in [0.5, 0.6) is 0 Å². The van der Waals surface area contributed by atoms with Crippen molar-refractivity contribution in [2.45, 2.75) is 13.3 Å². The first-order valence-corrected chi connectivity index (χ1v) is 8.29. The molecule has 0 bridgehead atoms. The highest BCUT2D eigenvalue weighted by atomic mass is 16.5. The van der Waals surface area contributed by atoms with Crippen molar-refractivity contribution in [3.8, 4) is 0 Å². The van der Waals surface area contributed by atoms with Crippen molar-refractivity contribution in [2.75, 3.05) is 32.9 Å². The fourth-order valence-electron chi connectivity index (χ4n) is 3.41. The number of benzene rings is 1. The Morgan fingerprint density at radius 3 is 2.52 bits per heavy atom. The molecule has 0 radical (unpaired) electrons. The van der Waals surface area contributed by atoms with Crippen LogP contribution < -0.4 is 0 Å². The second-order valence-electron chi connectivity index (χ2n) is 6.09. The standard InChI is InChI=1S/C18H23NO4/c1-2-23-18(21)16-14(12-13-6-4-3-5-7-13)15(16)17(20)19-8-10-22-11-9-19/h3-7,14-16H,2,8-12H2,1H3. The number of carbonyl (C=O) groups is 2. The number of amides is 1. The smallest absolute Gasteiger partial charge is 0.310 e. The van der Waals surface area contributed by atoms with Crippen LogP contribution in [-0.2, 0) is 25.5 Å². The SMILES string of the molecule is CCOC(=O)C1C(Cc2ccccc2)C1C(=O)N1CCOCC1. The second-order valence-corrected chi connectivity index (χ2v) is 6.09. The van der Waals surface area contributed by atoms with Crippen molar-refractivity contribution in [2.24, 2.45) is 17.8 Å². The highest BCUT2D eigenvalue weighted by molar-refractivity contribution is 5.91. The van der Waals surface area contributed by atoms with Crippen molar-refractivity contribution in [3.63, 3.8) is 0 Å². The van der Waals surface area contributed by atoms with Gasteiger partial charge in [-0.25, -0.2) is 0 Å². The Morgan fingerprint density at radius 1 is 1.17 bits per heavy atom.